The molecule has 2 fully saturated rings. The molecule has 0 aromatic heterocycles. The Labute approximate surface area is 177 Å². The minimum atomic E-state index is -0.489. The van der Waals surface area contributed by atoms with Crippen molar-refractivity contribution in [1.29, 1.82) is 0 Å². The van der Waals surface area contributed by atoms with Gasteiger partial charge in [-0.3, -0.25) is 9.59 Å². The van der Waals surface area contributed by atoms with E-state index in [-0.39, 0.29) is 54.2 Å². The highest BCUT2D eigenvalue weighted by Crippen LogP contribution is 2.56. The van der Waals surface area contributed by atoms with E-state index in [2.05, 4.69) is 6.92 Å². The zero-order valence-corrected chi connectivity index (χ0v) is 17.8. The van der Waals surface area contributed by atoms with Gasteiger partial charge in [0.2, 0.25) is 0 Å². The van der Waals surface area contributed by atoms with Gasteiger partial charge in [0.1, 0.15) is 18.5 Å². The monoisotopic (exact) mass is 414 g/mol. The maximum atomic E-state index is 12.4. The number of benzene rings is 1. The van der Waals surface area contributed by atoms with Gasteiger partial charge in [0.15, 0.2) is 0 Å². The second kappa shape index (κ2) is 8.06. The highest BCUT2D eigenvalue weighted by atomic mass is 16.6. The van der Waals surface area contributed by atoms with Crippen LogP contribution in [0.2, 0.25) is 0 Å². The Balaban J connectivity index is 1.46. The molecule has 4 rings (SSSR count). The summed E-state index contributed by atoms with van der Waals surface area (Å²) in [7, 11) is 1.60. The summed E-state index contributed by atoms with van der Waals surface area (Å²) in [6, 6.07) is 7.32. The van der Waals surface area contributed by atoms with Crippen LogP contribution in [0.1, 0.15) is 38.7 Å². The van der Waals surface area contributed by atoms with Crippen molar-refractivity contribution in [1.82, 2.24) is 0 Å². The average Bonchev–Trinajstić information content (AvgIpc) is 3.02. The van der Waals surface area contributed by atoms with Gasteiger partial charge in [0.25, 0.3) is 0 Å². The molecule has 0 unspecified atom stereocenters. The predicted octanol–water partition coefficient (Wildman–Crippen LogP) is 3.07. The number of esters is 2. The summed E-state index contributed by atoms with van der Waals surface area (Å²) in [5.41, 5.74) is 1.44. The molecule has 0 radical (unpaired) electrons. The molecule has 0 bridgehead atoms. The van der Waals surface area contributed by atoms with E-state index in [1.807, 2.05) is 37.3 Å². The largest absolute Gasteiger partial charge is 0.497 e. The van der Waals surface area contributed by atoms with Crippen LogP contribution < -0.4 is 4.74 Å². The number of carbonyl (C=O) groups excluding carboxylic acids is 2. The van der Waals surface area contributed by atoms with Crippen LogP contribution in [0.4, 0.5) is 0 Å². The molecule has 1 saturated heterocycles. The topological polar surface area (TPSA) is 82.1 Å². The van der Waals surface area contributed by atoms with Crippen LogP contribution in [0, 0.1) is 23.2 Å². The molecule has 6 heteroatoms. The first-order valence-electron chi connectivity index (χ1n) is 10.7. The number of aliphatic hydroxyl groups excluding tert-OH is 1. The molecule has 30 heavy (non-hydrogen) atoms. The van der Waals surface area contributed by atoms with Crippen molar-refractivity contribution in [3.63, 3.8) is 0 Å². The minimum Gasteiger partial charge on any atom is -0.497 e. The Morgan fingerprint density at radius 1 is 1.30 bits per heavy atom. The van der Waals surface area contributed by atoms with Gasteiger partial charge >= 0.3 is 11.9 Å². The van der Waals surface area contributed by atoms with E-state index < -0.39 is 6.10 Å². The Hall–Kier alpha value is -2.34. The predicted molar refractivity (Wildman–Crippen MR) is 110 cm³/mol. The van der Waals surface area contributed by atoms with Crippen molar-refractivity contribution < 1.29 is 28.9 Å². The van der Waals surface area contributed by atoms with Crippen LogP contribution in [-0.4, -0.2) is 43.0 Å². The van der Waals surface area contributed by atoms with E-state index in [1.165, 1.54) is 0 Å². The molecule has 6 nitrogen and oxygen atoms in total. The molecule has 1 aliphatic heterocycles. The zero-order valence-electron chi connectivity index (χ0n) is 17.8. The molecule has 6 atom stereocenters. The number of carbonyl (C=O) groups is 2. The Bertz CT molecular complexity index is 844. The van der Waals surface area contributed by atoms with Crippen LogP contribution in [0.15, 0.2) is 35.9 Å². The third-order valence-electron chi connectivity index (χ3n) is 7.41. The van der Waals surface area contributed by atoms with Crippen molar-refractivity contribution in [2.75, 3.05) is 13.7 Å². The number of rotatable bonds is 5. The number of methoxy groups -OCH3 is 1. The van der Waals surface area contributed by atoms with Crippen LogP contribution in [0.3, 0.4) is 0 Å². The van der Waals surface area contributed by atoms with Crippen LogP contribution >= 0.6 is 0 Å². The van der Waals surface area contributed by atoms with Crippen LogP contribution in [0.25, 0.3) is 0 Å². The molecule has 3 aliphatic rings. The van der Waals surface area contributed by atoms with E-state index in [9.17, 15) is 14.7 Å². The lowest BCUT2D eigenvalue weighted by Crippen LogP contribution is -2.53. The average molecular weight is 414 g/mol. The standard InChI is InChI=1S/C24H30O6/c1-14-18-10-11-24(2)19(25)9-6-16(21(24)22(18)30-23(14)27)13-29-20(26)12-15-4-7-17(28-3)8-5-15/h4-8,14,18-19,21-22,25H,9-13H2,1-3H3/t14-,18-,19+,21+,22-,24-/m0/s1. The fourth-order valence-electron chi connectivity index (χ4n) is 5.47. The molecule has 2 aliphatic carbocycles. The van der Waals surface area contributed by atoms with Gasteiger partial charge in [-0.15, -0.1) is 0 Å². The van der Waals surface area contributed by atoms with Gasteiger partial charge in [-0.05, 0) is 42.5 Å². The van der Waals surface area contributed by atoms with E-state index >= 15 is 0 Å². The SMILES string of the molecule is COc1ccc(CC(=O)OCC2=CC[C@@H](O)[C@]3(C)CC[C@@H]4[C@H](OC(=O)[C@H]4C)[C@@H]23)cc1. The summed E-state index contributed by atoms with van der Waals surface area (Å²) < 4.78 is 16.5. The summed E-state index contributed by atoms with van der Waals surface area (Å²) in [6.45, 7) is 4.16. The van der Waals surface area contributed by atoms with E-state index in [1.54, 1.807) is 7.11 Å². The highest BCUT2D eigenvalue weighted by Gasteiger charge is 2.58. The second-order valence-corrected chi connectivity index (χ2v) is 9.09. The molecule has 1 N–H and O–H groups in total. The van der Waals surface area contributed by atoms with Crippen molar-refractivity contribution >= 4 is 11.9 Å². The molecular weight excluding hydrogens is 384 g/mol. The van der Waals surface area contributed by atoms with Gasteiger partial charge in [-0.1, -0.05) is 32.1 Å². The Morgan fingerprint density at radius 3 is 2.73 bits per heavy atom. The summed E-state index contributed by atoms with van der Waals surface area (Å²) >= 11 is 0. The van der Waals surface area contributed by atoms with E-state index in [0.717, 1.165) is 29.7 Å². The van der Waals surface area contributed by atoms with Gasteiger partial charge in [-0.2, -0.15) is 0 Å². The Morgan fingerprint density at radius 2 is 2.03 bits per heavy atom. The fourth-order valence-corrected chi connectivity index (χ4v) is 5.47. The number of hydrogen-bond acceptors (Lipinski definition) is 6. The zero-order chi connectivity index (χ0) is 21.5. The summed E-state index contributed by atoms with van der Waals surface area (Å²) in [4.78, 5) is 24.7. The third kappa shape index (κ3) is 3.62. The van der Waals surface area contributed by atoms with Crippen LogP contribution in [-0.2, 0) is 25.5 Å². The number of aliphatic hydroxyl groups is 1. The first-order valence-corrected chi connectivity index (χ1v) is 10.7. The van der Waals surface area contributed by atoms with Gasteiger partial charge in [0.05, 0.1) is 25.6 Å². The van der Waals surface area contributed by atoms with E-state index in [0.29, 0.717) is 6.42 Å². The van der Waals surface area contributed by atoms with Crippen molar-refractivity contribution in [3.8, 4) is 5.75 Å². The molecule has 0 spiro atoms. The quantitative estimate of drug-likeness (QED) is 0.589. The third-order valence-corrected chi connectivity index (χ3v) is 7.41. The summed E-state index contributed by atoms with van der Waals surface area (Å²) in [6.07, 6.45) is 3.63. The minimum absolute atomic E-state index is 0.123. The molecular formula is C24H30O6. The van der Waals surface area contributed by atoms with E-state index in [4.69, 9.17) is 14.2 Å². The van der Waals surface area contributed by atoms with Gasteiger partial charge < -0.3 is 19.3 Å². The molecule has 1 aromatic carbocycles. The summed E-state index contributed by atoms with van der Waals surface area (Å²) in [5.74, 6) is 0.173. The van der Waals surface area contributed by atoms with Crippen molar-refractivity contribution in [2.45, 2.75) is 51.7 Å². The summed E-state index contributed by atoms with van der Waals surface area (Å²) in [5, 5.41) is 10.7. The lowest BCUT2D eigenvalue weighted by atomic mass is 9.55. The molecule has 162 valence electrons. The van der Waals surface area contributed by atoms with Crippen molar-refractivity contribution in [2.24, 2.45) is 23.2 Å². The number of fused-ring (bicyclic) bond motifs is 3. The van der Waals surface area contributed by atoms with Gasteiger partial charge in [0, 0.05) is 17.3 Å². The van der Waals surface area contributed by atoms with Crippen LogP contribution in [0.5, 0.6) is 5.75 Å². The second-order valence-electron chi connectivity index (χ2n) is 9.09. The fraction of sp³-hybridized carbons (Fsp3) is 0.583. The van der Waals surface area contributed by atoms with Crippen molar-refractivity contribution in [3.05, 3.63) is 41.5 Å². The first-order chi connectivity index (χ1) is 14.3. The number of hydrogen-bond donors (Lipinski definition) is 1. The number of ether oxygens (including phenoxy) is 3. The smallest absolute Gasteiger partial charge is 0.310 e. The molecule has 1 heterocycles. The lowest BCUT2D eigenvalue weighted by molar-refractivity contribution is -0.153. The maximum absolute atomic E-state index is 12.4. The molecule has 1 aromatic rings. The first kappa shape index (κ1) is 20.9. The Kier molecular flexibility index (Phi) is 5.62. The molecule has 0 amide bonds. The molecule has 1 saturated carbocycles. The highest BCUT2D eigenvalue weighted by molar-refractivity contribution is 5.75. The van der Waals surface area contributed by atoms with Gasteiger partial charge in [-0.25, -0.2) is 0 Å². The normalized spacial score (nSPS) is 35.0. The maximum Gasteiger partial charge on any atom is 0.310 e. The lowest BCUT2D eigenvalue weighted by Gasteiger charge is -2.52.